The van der Waals surface area contributed by atoms with E-state index in [1.165, 1.54) is 16.1 Å². The molecule has 33 heavy (non-hydrogen) atoms. The maximum absolute atomic E-state index is 12.8. The van der Waals surface area contributed by atoms with E-state index in [9.17, 15) is 13.2 Å². The highest BCUT2D eigenvalue weighted by atomic mass is 32.2. The molecule has 174 valence electrons. The van der Waals surface area contributed by atoms with Gasteiger partial charge < -0.3 is 5.32 Å². The molecule has 2 aromatic carbocycles. The Kier molecular flexibility index (Phi) is 7.16. The number of nitrogens with zero attached hydrogens (tertiary/aromatic N) is 4. The van der Waals surface area contributed by atoms with Gasteiger partial charge >= 0.3 is 0 Å². The molecular formula is C23H27N5O3S2. The van der Waals surface area contributed by atoms with E-state index >= 15 is 0 Å². The number of amides is 1. The Balaban J connectivity index is 1.42. The summed E-state index contributed by atoms with van der Waals surface area (Å²) in [4.78, 5) is 13.0. The molecule has 1 aliphatic rings. The third-order valence-electron chi connectivity index (χ3n) is 5.54. The highest BCUT2D eigenvalue weighted by molar-refractivity contribution is 8.00. The van der Waals surface area contributed by atoms with Gasteiger partial charge in [0, 0.05) is 24.5 Å². The van der Waals surface area contributed by atoms with Gasteiger partial charge in [-0.05, 0) is 63.1 Å². The lowest BCUT2D eigenvalue weighted by Gasteiger charge is -2.25. The second kappa shape index (κ2) is 10.1. The van der Waals surface area contributed by atoms with E-state index in [1.54, 1.807) is 31.2 Å². The highest BCUT2D eigenvalue weighted by Gasteiger charge is 2.26. The van der Waals surface area contributed by atoms with Crippen molar-refractivity contribution in [3.63, 3.8) is 0 Å². The number of piperidine rings is 1. The van der Waals surface area contributed by atoms with Gasteiger partial charge in [-0.15, -0.1) is 10.2 Å². The van der Waals surface area contributed by atoms with E-state index in [1.807, 2.05) is 41.8 Å². The molecule has 1 aromatic heterocycles. The lowest BCUT2D eigenvalue weighted by molar-refractivity contribution is -0.115. The minimum atomic E-state index is -3.49. The lowest BCUT2D eigenvalue weighted by Crippen LogP contribution is -2.35. The summed E-state index contributed by atoms with van der Waals surface area (Å²) in [6, 6.07) is 16.1. The van der Waals surface area contributed by atoms with Crippen LogP contribution in [0.1, 0.15) is 32.0 Å². The van der Waals surface area contributed by atoms with Crippen LogP contribution < -0.4 is 5.32 Å². The molecular weight excluding hydrogens is 458 g/mol. The van der Waals surface area contributed by atoms with E-state index < -0.39 is 15.3 Å². The summed E-state index contributed by atoms with van der Waals surface area (Å²) >= 11 is 1.31. The van der Waals surface area contributed by atoms with Crippen LogP contribution in [0, 0.1) is 6.92 Å². The normalized spacial score (nSPS) is 15.8. The van der Waals surface area contributed by atoms with Crippen molar-refractivity contribution < 1.29 is 13.2 Å². The first-order chi connectivity index (χ1) is 15.9. The predicted molar refractivity (Wildman–Crippen MR) is 129 cm³/mol. The van der Waals surface area contributed by atoms with E-state index in [2.05, 4.69) is 15.5 Å². The fraction of sp³-hybridized carbons (Fsp3) is 0.348. The van der Waals surface area contributed by atoms with Gasteiger partial charge in [-0.25, -0.2) is 8.42 Å². The van der Waals surface area contributed by atoms with Crippen molar-refractivity contribution in [2.45, 2.75) is 48.4 Å². The molecule has 0 saturated carbocycles. The predicted octanol–water partition coefficient (Wildman–Crippen LogP) is 3.87. The molecule has 10 heteroatoms. The molecule has 1 unspecified atom stereocenters. The Morgan fingerprint density at radius 2 is 1.67 bits per heavy atom. The Labute approximate surface area is 198 Å². The van der Waals surface area contributed by atoms with E-state index in [0.29, 0.717) is 23.9 Å². The summed E-state index contributed by atoms with van der Waals surface area (Å²) in [7, 11) is -3.49. The Hall–Kier alpha value is -2.69. The standard InChI is InChI=1S/C23H27N5O3S2/c1-17(32-23-26-25-18(2)28(23)20-9-5-3-6-10-20)22(29)24-19-11-13-21(14-12-19)33(30,31)27-15-7-4-8-16-27/h3,5-6,9-14,17H,4,7-8,15-16H2,1-2H3,(H,24,29). The molecule has 1 N–H and O–H groups in total. The average molecular weight is 486 g/mol. The van der Waals surface area contributed by atoms with Gasteiger partial charge in [-0.3, -0.25) is 9.36 Å². The SMILES string of the molecule is Cc1nnc(SC(C)C(=O)Nc2ccc(S(=O)(=O)N3CCCCC3)cc2)n1-c1ccccc1. The number of hydrogen-bond acceptors (Lipinski definition) is 6. The van der Waals surface area contributed by atoms with Gasteiger partial charge in [-0.1, -0.05) is 36.4 Å². The first kappa shape index (κ1) is 23.5. The van der Waals surface area contributed by atoms with Crippen LogP contribution in [0.25, 0.3) is 5.69 Å². The lowest BCUT2D eigenvalue weighted by atomic mass is 10.2. The van der Waals surface area contributed by atoms with Gasteiger partial charge in [0.1, 0.15) is 5.82 Å². The second-order valence-corrected chi connectivity index (χ2v) is 11.2. The van der Waals surface area contributed by atoms with Crippen molar-refractivity contribution in [3.05, 3.63) is 60.4 Å². The molecule has 1 aliphatic heterocycles. The van der Waals surface area contributed by atoms with Crippen molar-refractivity contribution in [3.8, 4) is 5.69 Å². The molecule has 2 heterocycles. The van der Waals surface area contributed by atoms with Gasteiger partial charge in [-0.2, -0.15) is 4.31 Å². The number of hydrogen-bond donors (Lipinski definition) is 1. The van der Waals surface area contributed by atoms with Crippen molar-refractivity contribution in [1.29, 1.82) is 0 Å². The van der Waals surface area contributed by atoms with Crippen LogP contribution in [0.3, 0.4) is 0 Å². The van der Waals surface area contributed by atoms with Crippen LogP contribution in [0.2, 0.25) is 0 Å². The van der Waals surface area contributed by atoms with Crippen LogP contribution in [0.4, 0.5) is 5.69 Å². The zero-order valence-corrected chi connectivity index (χ0v) is 20.3. The summed E-state index contributed by atoms with van der Waals surface area (Å²) in [5.41, 5.74) is 1.48. The summed E-state index contributed by atoms with van der Waals surface area (Å²) in [6.45, 7) is 4.79. The summed E-state index contributed by atoms with van der Waals surface area (Å²) < 4.78 is 29.1. The third kappa shape index (κ3) is 5.29. The molecule has 3 aromatic rings. The molecule has 1 amide bonds. The molecule has 1 atom stereocenters. The zero-order chi connectivity index (χ0) is 23.4. The molecule has 1 saturated heterocycles. The number of nitrogens with one attached hydrogen (secondary N) is 1. The van der Waals surface area contributed by atoms with Gasteiger partial charge in [0.25, 0.3) is 0 Å². The van der Waals surface area contributed by atoms with Gasteiger partial charge in [0.2, 0.25) is 15.9 Å². The first-order valence-corrected chi connectivity index (χ1v) is 13.2. The molecule has 0 spiro atoms. The number of sulfonamides is 1. The fourth-order valence-corrected chi connectivity index (χ4v) is 6.14. The number of rotatable bonds is 7. The molecule has 0 aliphatic carbocycles. The minimum Gasteiger partial charge on any atom is -0.325 e. The topological polar surface area (TPSA) is 97.2 Å². The third-order valence-corrected chi connectivity index (χ3v) is 8.49. The molecule has 4 rings (SSSR count). The Morgan fingerprint density at radius 1 is 1.00 bits per heavy atom. The minimum absolute atomic E-state index is 0.202. The smallest absolute Gasteiger partial charge is 0.243 e. The van der Waals surface area contributed by atoms with Gasteiger partial charge in [0.05, 0.1) is 10.1 Å². The second-order valence-electron chi connectivity index (χ2n) is 7.94. The number of carbonyl (C=O) groups is 1. The van der Waals surface area contributed by atoms with Crippen LogP contribution >= 0.6 is 11.8 Å². The van der Waals surface area contributed by atoms with Crippen LogP contribution in [0.15, 0.2) is 64.6 Å². The molecule has 0 radical (unpaired) electrons. The number of para-hydroxylation sites is 1. The van der Waals surface area contributed by atoms with Crippen LogP contribution in [0.5, 0.6) is 0 Å². The first-order valence-electron chi connectivity index (χ1n) is 10.9. The van der Waals surface area contributed by atoms with Crippen LogP contribution in [-0.4, -0.2) is 51.7 Å². The highest BCUT2D eigenvalue weighted by Crippen LogP contribution is 2.27. The largest absolute Gasteiger partial charge is 0.325 e. The quantitative estimate of drug-likeness (QED) is 0.510. The number of aryl methyl sites for hydroxylation is 1. The van der Waals surface area contributed by atoms with Crippen LogP contribution in [-0.2, 0) is 14.8 Å². The van der Waals surface area contributed by atoms with E-state index in [4.69, 9.17) is 0 Å². The summed E-state index contributed by atoms with van der Waals surface area (Å²) in [5.74, 6) is 0.536. The molecule has 1 fully saturated rings. The Bertz CT molecular complexity index is 1200. The van der Waals surface area contributed by atoms with E-state index in [0.717, 1.165) is 30.8 Å². The fourth-order valence-electron chi connectivity index (χ4n) is 3.71. The number of anilines is 1. The number of aromatic nitrogens is 3. The zero-order valence-electron chi connectivity index (χ0n) is 18.6. The molecule has 8 nitrogen and oxygen atoms in total. The van der Waals surface area contributed by atoms with Crippen molar-refractivity contribution in [2.24, 2.45) is 0 Å². The number of benzene rings is 2. The van der Waals surface area contributed by atoms with Crippen molar-refractivity contribution in [1.82, 2.24) is 19.1 Å². The average Bonchev–Trinajstić information content (AvgIpc) is 3.20. The Morgan fingerprint density at radius 3 is 2.33 bits per heavy atom. The van der Waals surface area contributed by atoms with Crippen molar-refractivity contribution >= 4 is 33.4 Å². The van der Waals surface area contributed by atoms with Crippen molar-refractivity contribution in [2.75, 3.05) is 18.4 Å². The maximum Gasteiger partial charge on any atom is 0.243 e. The maximum atomic E-state index is 12.8. The molecule has 0 bridgehead atoms. The number of thioether (sulfide) groups is 1. The van der Waals surface area contributed by atoms with E-state index in [-0.39, 0.29) is 10.8 Å². The number of carbonyl (C=O) groups excluding carboxylic acids is 1. The van der Waals surface area contributed by atoms with Gasteiger partial charge in [0.15, 0.2) is 5.16 Å². The summed E-state index contributed by atoms with van der Waals surface area (Å²) in [6.07, 6.45) is 2.84. The monoisotopic (exact) mass is 485 g/mol. The summed E-state index contributed by atoms with van der Waals surface area (Å²) in [5, 5.41) is 11.4.